The van der Waals surface area contributed by atoms with Crippen LogP contribution in [-0.4, -0.2) is 20.7 Å². The van der Waals surface area contributed by atoms with Gasteiger partial charge in [-0.25, -0.2) is 4.52 Å². The van der Waals surface area contributed by atoms with Crippen molar-refractivity contribution in [1.82, 2.24) is 14.2 Å². The summed E-state index contributed by atoms with van der Waals surface area (Å²) in [7, 11) is 0. The molecule has 0 aliphatic rings. The van der Waals surface area contributed by atoms with Gasteiger partial charge in [0.15, 0.2) is 0 Å². The van der Waals surface area contributed by atoms with Gasteiger partial charge in [-0.05, 0) is 41.1 Å². The maximum absolute atomic E-state index is 12.3. The fourth-order valence-corrected chi connectivity index (χ4v) is 2.67. The van der Waals surface area contributed by atoms with Crippen LogP contribution in [0.1, 0.15) is 5.69 Å². The van der Waals surface area contributed by atoms with Gasteiger partial charge in [0.1, 0.15) is 5.52 Å². The first-order valence-corrected chi connectivity index (χ1v) is 7.48. The molecule has 2 aromatic heterocycles. The average Bonchev–Trinajstić information content (AvgIpc) is 2.85. The van der Waals surface area contributed by atoms with E-state index in [4.69, 9.17) is 0 Å². The van der Waals surface area contributed by atoms with Crippen molar-refractivity contribution in [1.29, 1.82) is 0 Å². The highest BCUT2D eigenvalue weighted by Gasteiger charge is 2.05. The molecule has 0 bridgehead atoms. The zero-order chi connectivity index (χ0) is 14.8. The molecule has 2 heterocycles. The van der Waals surface area contributed by atoms with Gasteiger partial charge in [-0.1, -0.05) is 12.1 Å². The van der Waals surface area contributed by atoms with E-state index in [1.807, 2.05) is 37.4 Å². The fourth-order valence-electron chi connectivity index (χ4n) is 2.24. The number of benzene rings is 1. The first kappa shape index (κ1) is 13.9. The maximum atomic E-state index is 12.3. The van der Waals surface area contributed by atoms with Crippen molar-refractivity contribution in [3.63, 3.8) is 0 Å². The number of nitrogens with one attached hydrogen (secondary N) is 1. The van der Waals surface area contributed by atoms with E-state index in [2.05, 4.69) is 26.3 Å². The zero-order valence-electron chi connectivity index (χ0n) is 11.6. The predicted molar refractivity (Wildman–Crippen MR) is 86.8 cm³/mol. The molecule has 1 aromatic carbocycles. The summed E-state index contributed by atoms with van der Waals surface area (Å²) in [6.45, 7) is 3.15. The lowest BCUT2D eigenvalue weighted by Gasteiger charge is -2.10. The standard InChI is InChI=1S/C15H15BrN4O/c1-11-10-14-15(21)19(8-9-20(14)18-11)7-6-17-13-5-3-2-4-12(13)16/h2-5,8-10,17H,6-7H2,1H3. The summed E-state index contributed by atoms with van der Waals surface area (Å²) in [5, 5.41) is 7.55. The van der Waals surface area contributed by atoms with Crippen LogP contribution in [0.15, 0.2) is 52.0 Å². The van der Waals surface area contributed by atoms with Crippen molar-refractivity contribution >= 4 is 27.1 Å². The van der Waals surface area contributed by atoms with E-state index in [-0.39, 0.29) is 5.56 Å². The number of nitrogens with zero attached hydrogens (tertiary/aromatic N) is 3. The van der Waals surface area contributed by atoms with Gasteiger partial charge in [0.25, 0.3) is 5.56 Å². The molecule has 5 nitrogen and oxygen atoms in total. The third-order valence-corrected chi connectivity index (χ3v) is 3.96. The Balaban J connectivity index is 1.75. The fraction of sp³-hybridized carbons (Fsp3) is 0.200. The molecule has 0 saturated carbocycles. The van der Waals surface area contributed by atoms with Gasteiger partial charge in [-0.3, -0.25) is 4.79 Å². The molecule has 0 saturated heterocycles. The third-order valence-electron chi connectivity index (χ3n) is 3.27. The highest BCUT2D eigenvalue weighted by Crippen LogP contribution is 2.20. The number of anilines is 1. The molecule has 3 rings (SSSR count). The van der Waals surface area contributed by atoms with Crippen molar-refractivity contribution in [2.45, 2.75) is 13.5 Å². The van der Waals surface area contributed by atoms with Crippen LogP contribution in [0.25, 0.3) is 5.52 Å². The van der Waals surface area contributed by atoms with Crippen LogP contribution in [0.3, 0.4) is 0 Å². The number of aromatic nitrogens is 3. The third kappa shape index (κ3) is 2.85. The molecule has 0 unspecified atom stereocenters. The second kappa shape index (κ2) is 5.73. The smallest absolute Gasteiger partial charge is 0.276 e. The SMILES string of the molecule is Cc1cc2c(=O)n(CCNc3ccccc3Br)ccn2n1. The number of fused-ring (bicyclic) bond motifs is 1. The van der Waals surface area contributed by atoms with Gasteiger partial charge in [-0.2, -0.15) is 5.10 Å². The minimum atomic E-state index is -0.0213. The van der Waals surface area contributed by atoms with Crippen LogP contribution < -0.4 is 10.9 Å². The van der Waals surface area contributed by atoms with Gasteiger partial charge in [-0.15, -0.1) is 0 Å². The number of halogens is 1. The summed E-state index contributed by atoms with van der Waals surface area (Å²) in [6.07, 6.45) is 3.58. The molecule has 0 aliphatic carbocycles. The van der Waals surface area contributed by atoms with Gasteiger partial charge in [0.2, 0.25) is 0 Å². The van der Waals surface area contributed by atoms with Gasteiger partial charge in [0.05, 0.1) is 5.69 Å². The summed E-state index contributed by atoms with van der Waals surface area (Å²) in [6, 6.07) is 9.72. The Bertz CT molecular complexity index is 837. The topological polar surface area (TPSA) is 51.3 Å². The normalized spacial score (nSPS) is 11.0. The van der Waals surface area contributed by atoms with Crippen LogP contribution >= 0.6 is 15.9 Å². The summed E-state index contributed by atoms with van der Waals surface area (Å²) in [4.78, 5) is 12.3. The predicted octanol–water partition coefficient (Wildman–Crippen LogP) is 2.68. The summed E-state index contributed by atoms with van der Waals surface area (Å²) < 4.78 is 4.33. The number of hydrogen-bond acceptors (Lipinski definition) is 3. The lowest BCUT2D eigenvalue weighted by Crippen LogP contribution is -2.24. The zero-order valence-corrected chi connectivity index (χ0v) is 13.2. The Morgan fingerprint density at radius 2 is 2.10 bits per heavy atom. The highest BCUT2D eigenvalue weighted by molar-refractivity contribution is 9.10. The Morgan fingerprint density at radius 1 is 1.29 bits per heavy atom. The van der Waals surface area contributed by atoms with Gasteiger partial charge < -0.3 is 9.88 Å². The van der Waals surface area contributed by atoms with E-state index in [0.717, 1.165) is 15.9 Å². The molecule has 0 amide bonds. The summed E-state index contributed by atoms with van der Waals surface area (Å²) in [5.41, 5.74) is 2.45. The van der Waals surface area contributed by atoms with Crippen LogP contribution in [0.4, 0.5) is 5.69 Å². The van der Waals surface area contributed by atoms with Gasteiger partial charge in [0, 0.05) is 35.6 Å². The number of rotatable bonds is 4. The largest absolute Gasteiger partial charge is 0.382 e. The molecule has 0 atom stereocenters. The van der Waals surface area contributed by atoms with Crippen molar-refractivity contribution in [3.05, 3.63) is 63.2 Å². The number of aryl methyl sites for hydroxylation is 1. The van der Waals surface area contributed by atoms with E-state index >= 15 is 0 Å². The Labute approximate surface area is 130 Å². The average molecular weight is 347 g/mol. The Kier molecular flexibility index (Phi) is 3.79. The molecule has 21 heavy (non-hydrogen) atoms. The van der Waals surface area contributed by atoms with Crippen LogP contribution in [0, 0.1) is 6.92 Å². The number of para-hydroxylation sites is 1. The highest BCUT2D eigenvalue weighted by atomic mass is 79.9. The Morgan fingerprint density at radius 3 is 2.90 bits per heavy atom. The van der Waals surface area contributed by atoms with Crippen LogP contribution in [0.2, 0.25) is 0 Å². The molecule has 3 aromatic rings. The quantitative estimate of drug-likeness (QED) is 0.790. The molecule has 0 radical (unpaired) electrons. The van der Waals surface area contributed by atoms with Crippen molar-refractivity contribution < 1.29 is 0 Å². The van der Waals surface area contributed by atoms with Crippen molar-refractivity contribution in [2.75, 3.05) is 11.9 Å². The minimum absolute atomic E-state index is 0.0213. The molecule has 0 aliphatic heterocycles. The van der Waals surface area contributed by atoms with Crippen LogP contribution in [-0.2, 0) is 6.54 Å². The number of hydrogen-bond donors (Lipinski definition) is 1. The Hall–Kier alpha value is -2.08. The van der Waals surface area contributed by atoms with E-state index in [9.17, 15) is 4.79 Å². The van der Waals surface area contributed by atoms with Crippen molar-refractivity contribution in [2.24, 2.45) is 0 Å². The molecule has 0 spiro atoms. The molecule has 6 heteroatoms. The summed E-state index contributed by atoms with van der Waals surface area (Å²) >= 11 is 3.49. The minimum Gasteiger partial charge on any atom is -0.382 e. The van der Waals surface area contributed by atoms with E-state index < -0.39 is 0 Å². The summed E-state index contributed by atoms with van der Waals surface area (Å²) in [5.74, 6) is 0. The monoisotopic (exact) mass is 346 g/mol. The first-order valence-electron chi connectivity index (χ1n) is 6.69. The molecule has 1 N–H and O–H groups in total. The van der Waals surface area contributed by atoms with E-state index in [0.29, 0.717) is 18.6 Å². The second-order valence-electron chi connectivity index (χ2n) is 4.82. The molecular weight excluding hydrogens is 332 g/mol. The lowest BCUT2D eigenvalue weighted by atomic mass is 10.3. The first-order chi connectivity index (χ1) is 10.1. The molecular formula is C15H15BrN4O. The van der Waals surface area contributed by atoms with E-state index in [1.54, 1.807) is 21.3 Å². The van der Waals surface area contributed by atoms with Crippen LogP contribution in [0.5, 0.6) is 0 Å². The van der Waals surface area contributed by atoms with Crippen molar-refractivity contribution in [3.8, 4) is 0 Å². The van der Waals surface area contributed by atoms with E-state index in [1.165, 1.54) is 0 Å². The maximum Gasteiger partial charge on any atom is 0.276 e. The molecule has 108 valence electrons. The molecule has 0 fully saturated rings. The second-order valence-corrected chi connectivity index (χ2v) is 5.67. The van der Waals surface area contributed by atoms with Gasteiger partial charge >= 0.3 is 0 Å². The lowest BCUT2D eigenvalue weighted by molar-refractivity contribution is 0.688.